The first-order valence-corrected chi connectivity index (χ1v) is 8.94. The molecule has 0 aliphatic rings. The molecule has 3 aromatic rings. The fraction of sp³-hybridized carbons (Fsp3) is 0.125. The number of hydrogen-bond donors (Lipinski definition) is 3. The van der Waals surface area contributed by atoms with Gasteiger partial charge in [-0.1, -0.05) is 12.1 Å². The first kappa shape index (κ1) is 16.4. The minimum absolute atomic E-state index is 0.274. The highest BCUT2D eigenvalue weighted by atomic mass is 31.2. The average molecular weight is 345 g/mol. The van der Waals surface area contributed by atoms with E-state index in [1.54, 1.807) is 31.4 Å². The fourth-order valence-corrected chi connectivity index (χ4v) is 3.02. The predicted octanol–water partition coefficient (Wildman–Crippen LogP) is 3.06. The molecule has 0 spiro atoms. The molecule has 0 radical (unpaired) electrons. The van der Waals surface area contributed by atoms with Gasteiger partial charge in [0.2, 0.25) is 0 Å². The van der Waals surface area contributed by atoms with E-state index in [4.69, 9.17) is 14.5 Å². The SMILES string of the molecule is COc1ccc2c(Nc3ccc(CP(=O)(O)O)cc3)ncnc2c1. The van der Waals surface area contributed by atoms with Gasteiger partial charge in [-0.05, 0) is 29.8 Å². The summed E-state index contributed by atoms with van der Waals surface area (Å²) in [4.78, 5) is 26.5. The lowest BCUT2D eigenvalue weighted by Gasteiger charge is -2.10. The standard InChI is InChI=1S/C16H16N3O4P/c1-23-13-6-7-14-15(8-13)17-10-18-16(14)19-12-4-2-11(3-5-12)9-24(20,21)22/h2-8,10H,9H2,1H3,(H,17,18,19)(H2,20,21,22). The summed E-state index contributed by atoms with van der Waals surface area (Å²) in [5.41, 5.74) is 2.09. The van der Waals surface area contributed by atoms with E-state index in [-0.39, 0.29) is 6.16 Å². The molecule has 3 N–H and O–H groups in total. The molecule has 3 rings (SSSR count). The lowest BCUT2D eigenvalue weighted by atomic mass is 10.2. The Hall–Kier alpha value is -2.47. The molecule has 0 bridgehead atoms. The molecule has 8 heteroatoms. The van der Waals surface area contributed by atoms with E-state index < -0.39 is 7.60 Å². The number of fused-ring (bicyclic) bond motifs is 1. The molecule has 0 aliphatic heterocycles. The van der Waals surface area contributed by atoms with Gasteiger partial charge in [-0.25, -0.2) is 9.97 Å². The fourth-order valence-electron chi connectivity index (χ4n) is 2.33. The van der Waals surface area contributed by atoms with E-state index in [9.17, 15) is 4.57 Å². The zero-order chi connectivity index (χ0) is 17.2. The maximum Gasteiger partial charge on any atom is 0.329 e. The summed E-state index contributed by atoms with van der Waals surface area (Å²) in [7, 11) is -2.46. The first-order chi connectivity index (χ1) is 11.4. The van der Waals surface area contributed by atoms with Crippen molar-refractivity contribution in [2.75, 3.05) is 12.4 Å². The van der Waals surface area contributed by atoms with E-state index in [2.05, 4.69) is 15.3 Å². The van der Waals surface area contributed by atoms with Crippen LogP contribution in [0.5, 0.6) is 5.75 Å². The number of aromatic nitrogens is 2. The Morgan fingerprint density at radius 3 is 2.54 bits per heavy atom. The molecular weight excluding hydrogens is 329 g/mol. The second-order valence-corrected chi connectivity index (χ2v) is 6.90. The number of rotatable bonds is 5. The van der Waals surface area contributed by atoms with Crippen LogP contribution in [0.3, 0.4) is 0 Å². The molecule has 0 fully saturated rings. The molecule has 0 saturated carbocycles. The van der Waals surface area contributed by atoms with E-state index in [0.717, 1.165) is 16.6 Å². The highest BCUT2D eigenvalue weighted by molar-refractivity contribution is 7.50. The Bertz CT molecular complexity index is 909. The summed E-state index contributed by atoms with van der Waals surface area (Å²) < 4.78 is 16.2. The van der Waals surface area contributed by atoms with Crippen molar-refractivity contribution in [1.29, 1.82) is 0 Å². The van der Waals surface area contributed by atoms with Gasteiger partial charge in [0, 0.05) is 17.1 Å². The van der Waals surface area contributed by atoms with Crippen molar-refractivity contribution in [3.63, 3.8) is 0 Å². The van der Waals surface area contributed by atoms with Crippen molar-refractivity contribution in [1.82, 2.24) is 9.97 Å². The van der Waals surface area contributed by atoms with Crippen molar-refractivity contribution < 1.29 is 19.1 Å². The van der Waals surface area contributed by atoms with Crippen LogP contribution in [0.15, 0.2) is 48.8 Å². The molecular formula is C16H16N3O4P. The number of hydrogen-bond acceptors (Lipinski definition) is 5. The molecule has 2 aromatic carbocycles. The smallest absolute Gasteiger partial charge is 0.329 e. The lowest BCUT2D eigenvalue weighted by Crippen LogP contribution is -1.97. The Labute approximate surface area is 138 Å². The van der Waals surface area contributed by atoms with Gasteiger partial charge in [0.15, 0.2) is 0 Å². The van der Waals surface area contributed by atoms with Crippen LogP contribution < -0.4 is 10.1 Å². The first-order valence-electron chi connectivity index (χ1n) is 7.14. The molecule has 0 atom stereocenters. The van der Waals surface area contributed by atoms with E-state index in [1.807, 2.05) is 18.2 Å². The van der Waals surface area contributed by atoms with Gasteiger partial charge in [0.1, 0.15) is 17.9 Å². The molecule has 0 aliphatic carbocycles. The topological polar surface area (TPSA) is 105 Å². The number of ether oxygens (including phenoxy) is 1. The van der Waals surface area contributed by atoms with Gasteiger partial charge in [0.25, 0.3) is 0 Å². The average Bonchev–Trinajstić information content (AvgIpc) is 2.55. The summed E-state index contributed by atoms with van der Waals surface area (Å²) in [6.45, 7) is 0. The van der Waals surface area contributed by atoms with Gasteiger partial charge in [-0.15, -0.1) is 0 Å². The Kier molecular flexibility index (Phi) is 4.49. The van der Waals surface area contributed by atoms with Gasteiger partial charge < -0.3 is 19.8 Å². The van der Waals surface area contributed by atoms with E-state index in [1.165, 1.54) is 6.33 Å². The molecule has 0 amide bonds. The Balaban J connectivity index is 1.86. The minimum Gasteiger partial charge on any atom is -0.497 e. The largest absolute Gasteiger partial charge is 0.497 e. The number of methoxy groups -OCH3 is 1. The van der Waals surface area contributed by atoms with Crippen LogP contribution in [0.4, 0.5) is 11.5 Å². The third-order valence-electron chi connectivity index (χ3n) is 3.45. The van der Waals surface area contributed by atoms with Gasteiger partial charge in [-0.3, -0.25) is 4.57 Å². The summed E-state index contributed by atoms with van der Waals surface area (Å²) in [6, 6.07) is 12.4. The van der Waals surface area contributed by atoms with Crippen molar-refractivity contribution in [3.05, 3.63) is 54.4 Å². The summed E-state index contributed by atoms with van der Waals surface area (Å²) in [6.07, 6.45) is 1.19. The molecule has 24 heavy (non-hydrogen) atoms. The quantitative estimate of drug-likeness (QED) is 0.610. The number of anilines is 2. The summed E-state index contributed by atoms with van der Waals surface area (Å²) in [5.74, 6) is 1.36. The molecule has 0 unspecified atom stereocenters. The zero-order valence-electron chi connectivity index (χ0n) is 12.9. The highest BCUT2D eigenvalue weighted by Gasteiger charge is 2.13. The third-order valence-corrected chi connectivity index (χ3v) is 4.23. The number of nitrogens with one attached hydrogen (secondary N) is 1. The Morgan fingerprint density at radius 1 is 1.12 bits per heavy atom. The predicted molar refractivity (Wildman–Crippen MR) is 91.6 cm³/mol. The van der Waals surface area contributed by atoms with E-state index >= 15 is 0 Å². The maximum atomic E-state index is 11.0. The zero-order valence-corrected chi connectivity index (χ0v) is 13.8. The molecule has 0 saturated heterocycles. The molecule has 124 valence electrons. The second kappa shape index (κ2) is 6.57. The number of nitrogens with zero attached hydrogens (tertiary/aromatic N) is 2. The van der Waals surface area contributed by atoms with Crippen molar-refractivity contribution in [3.8, 4) is 5.75 Å². The number of benzene rings is 2. The van der Waals surface area contributed by atoms with Crippen LogP contribution in [0.25, 0.3) is 10.9 Å². The van der Waals surface area contributed by atoms with Crippen molar-refractivity contribution >= 4 is 30.0 Å². The van der Waals surface area contributed by atoms with Crippen LogP contribution in [0, 0.1) is 0 Å². The van der Waals surface area contributed by atoms with Crippen LogP contribution >= 0.6 is 7.60 Å². The monoisotopic (exact) mass is 345 g/mol. The van der Waals surface area contributed by atoms with Crippen LogP contribution in [-0.2, 0) is 10.7 Å². The van der Waals surface area contributed by atoms with E-state index in [0.29, 0.717) is 17.1 Å². The molecule has 1 aromatic heterocycles. The van der Waals surface area contributed by atoms with Crippen LogP contribution in [0.1, 0.15) is 5.56 Å². The van der Waals surface area contributed by atoms with Crippen molar-refractivity contribution in [2.24, 2.45) is 0 Å². The maximum absolute atomic E-state index is 11.0. The third kappa shape index (κ3) is 3.89. The normalized spacial score (nSPS) is 11.5. The summed E-state index contributed by atoms with van der Waals surface area (Å²) >= 11 is 0. The second-order valence-electron chi connectivity index (χ2n) is 5.25. The van der Waals surface area contributed by atoms with Gasteiger partial charge in [0.05, 0.1) is 18.8 Å². The lowest BCUT2D eigenvalue weighted by molar-refractivity contribution is 0.371. The molecule has 1 heterocycles. The van der Waals surface area contributed by atoms with Gasteiger partial charge in [-0.2, -0.15) is 0 Å². The molecule has 7 nitrogen and oxygen atoms in total. The van der Waals surface area contributed by atoms with Gasteiger partial charge >= 0.3 is 7.60 Å². The summed E-state index contributed by atoms with van der Waals surface area (Å²) in [5, 5.41) is 4.03. The van der Waals surface area contributed by atoms with Crippen LogP contribution in [-0.4, -0.2) is 26.9 Å². The minimum atomic E-state index is -4.06. The van der Waals surface area contributed by atoms with Crippen LogP contribution in [0.2, 0.25) is 0 Å². The van der Waals surface area contributed by atoms with Crippen molar-refractivity contribution in [2.45, 2.75) is 6.16 Å². The Morgan fingerprint density at radius 2 is 1.88 bits per heavy atom. The highest BCUT2D eigenvalue weighted by Crippen LogP contribution is 2.39.